The topological polar surface area (TPSA) is 64.3 Å². The van der Waals surface area contributed by atoms with Crippen molar-refractivity contribution >= 4 is 22.0 Å². The summed E-state index contributed by atoms with van der Waals surface area (Å²) in [6.45, 7) is 8.37. The van der Waals surface area contributed by atoms with Gasteiger partial charge < -0.3 is 15.8 Å². The first kappa shape index (κ1) is 17.0. The zero-order valence-corrected chi connectivity index (χ0v) is 14.1. The quantitative estimate of drug-likeness (QED) is 0.882. The van der Waals surface area contributed by atoms with Gasteiger partial charge in [0.15, 0.2) is 0 Å². The van der Waals surface area contributed by atoms with Crippen molar-refractivity contribution in [2.45, 2.75) is 38.7 Å². The van der Waals surface area contributed by atoms with Crippen LogP contribution in [0.25, 0.3) is 0 Å². The third-order valence-corrected chi connectivity index (χ3v) is 3.69. The Kier molecular flexibility index (Phi) is 5.59. The van der Waals surface area contributed by atoms with Crippen LogP contribution in [0.1, 0.15) is 33.3 Å². The monoisotopic (exact) mass is 342 g/mol. The Morgan fingerprint density at radius 2 is 1.90 bits per heavy atom. The highest BCUT2D eigenvalue weighted by Gasteiger charge is 2.28. The summed E-state index contributed by atoms with van der Waals surface area (Å²) in [7, 11) is 0. The second-order valence-electron chi connectivity index (χ2n) is 6.10. The Labute approximate surface area is 129 Å². The number of carbonyl (C=O) groups excluding carboxylic acids is 1. The Balaban J connectivity index is 2.77. The van der Waals surface area contributed by atoms with Crippen molar-refractivity contribution in [3.63, 3.8) is 0 Å². The number of rotatable bonds is 4. The number of nitrogens with two attached hydrogens (primary N) is 1. The second-order valence-corrected chi connectivity index (χ2v) is 6.95. The van der Waals surface area contributed by atoms with E-state index in [2.05, 4.69) is 21.2 Å². The van der Waals surface area contributed by atoms with E-state index >= 15 is 0 Å². The molecule has 112 valence electrons. The van der Waals surface area contributed by atoms with Crippen LogP contribution in [0.2, 0.25) is 0 Å². The Bertz CT molecular complexity index is 471. The van der Waals surface area contributed by atoms with Crippen molar-refractivity contribution in [1.82, 2.24) is 5.32 Å². The molecule has 0 fully saturated rings. The molecule has 4 nitrogen and oxygen atoms in total. The molecule has 1 rings (SSSR count). The average Bonchev–Trinajstić information content (AvgIpc) is 2.34. The summed E-state index contributed by atoms with van der Waals surface area (Å²) in [5.74, 6) is 0. The molecule has 1 unspecified atom stereocenters. The third kappa shape index (κ3) is 4.80. The summed E-state index contributed by atoms with van der Waals surface area (Å²) in [4.78, 5) is 11.8. The van der Waals surface area contributed by atoms with Gasteiger partial charge >= 0.3 is 6.09 Å². The van der Waals surface area contributed by atoms with Crippen molar-refractivity contribution in [2.24, 2.45) is 5.73 Å². The van der Waals surface area contributed by atoms with Crippen LogP contribution in [-0.2, 0) is 10.2 Å². The van der Waals surface area contributed by atoms with Crippen LogP contribution in [0, 0.1) is 0 Å². The molecule has 1 aromatic carbocycles. The van der Waals surface area contributed by atoms with Crippen molar-refractivity contribution in [3.8, 4) is 0 Å². The second kappa shape index (κ2) is 6.59. The molecule has 0 saturated heterocycles. The van der Waals surface area contributed by atoms with Crippen molar-refractivity contribution in [2.75, 3.05) is 13.1 Å². The number of ether oxygens (including phenoxy) is 1. The zero-order valence-electron chi connectivity index (χ0n) is 12.5. The molecule has 1 aromatic rings. The summed E-state index contributed by atoms with van der Waals surface area (Å²) < 4.78 is 6.23. The van der Waals surface area contributed by atoms with Gasteiger partial charge in [0, 0.05) is 23.0 Å². The molecule has 0 aliphatic rings. The molecule has 20 heavy (non-hydrogen) atoms. The largest absolute Gasteiger partial charge is 0.444 e. The number of benzene rings is 1. The minimum absolute atomic E-state index is 0.350. The molecule has 0 spiro atoms. The highest BCUT2D eigenvalue weighted by atomic mass is 79.9. The number of halogens is 1. The number of hydrogen-bond acceptors (Lipinski definition) is 3. The molecule has 3 N–H and O–H groups in total. The lowest BCUT2D eigenvalue weighted by atomic mass is 9.82. The molecule has 0 aliphatic heterocycles. The van der Waals surface area contributed by atoms with Gasteiger partial charge in [0.1, 0.15) is 5.60 Å². The molecule has 0 heterocycles. The van der Waals surface area contributed by atoms with E-state index in [-0.39, 0.29) is 5.41 Å². The minimum atomic E-state index is -0.503. The van der Waals surface area contributed by atoms with E-state index in [9.17, 15) is 4.79 Å². The van der Waals surface area contributed by atoms with Crippen LogP contribution in [-0.4, -0.2) is 24.8 Å². The first-order valence-corrected chi connectivity index (χ1v) is 7.39. The van der Waals surface area contributed by atoms with Crippen LogP contribution >= 0.6 is 15.9 Å². The Morgan fingerprint density at radius 1 is 1.30 bits per heavy atom. The fourth-order valence-electron chi connectivity index (χ4n) is 1.81. The fourth-order valence-corrected chi connectivity index (χ4v) is 2.57. The van der Waals surface area contributed by atoms with Gasteiger partial charge in [-0.25, -0.2) is 4.79 Å². The smallest absolute Gasteiger partial charge is 0.407 e. The highest BCUT2D eigenvalue weighted by Crippen LogP contribution is 2.29. The predicted octanol–water partition coefficient (Wildman–Crippen LogP) is 3.19. The number of carbonyl (C=O) groups is 1. The number of nitrogens with one attached hydrogen (secondary N) is 1. The fraction of sp³-hybridized carbons (Fsp3) is 0.533. The third-order valence-electron chi connectivity index (χ3n) is 3.00. The lowest BCUT2D eigenvalue weighted by Gasteiger charge is -2.30. The van der Waals surface area contributed by atoms with E-state index in [0.29, 0.717) is 13.1 Å². The average molecular weight is 343 g/mol. The zero-order chi connectivity index (χ0) is 15.4. The summed E-state index contributed by atoms with van der Waals surface area (Å²) in [6.07, 6.45) is -0.427. The molecule has 0 aliphatic carbocycles. The summed E-state index contributed by atoms with van der Waals surface area (Å²) in [6, 6.07) is 7.89. The Morgan fingerprint density at radius 3 is 2.40 bits per heavy atom. The molecule has 0 radical (unpaired) electrons. The van der Waals surface area contributed by atoms with Gasteiger partial charge in [0.05, 0.1) is 0 Å². The molecule has 5 heteroatoms. The van der Waals surface area contributed by atoms with Crippen molar-refractivity contribution < 1.29 is 9.53 Å². The standard InChI is InChI=1S/C15H23BrN2O2/c1-14(2,3)20-13(19)18-10-15(4,9-17)11-7-5-6-8-12(11)16/h5-8H,9-10,17H2,1-4H3,(H,18,19). The molecule has 0 aromatic heterocycles. The van der Waals surface area contributed by atoms with E-state index in [1.54, 1.807) is 0 Å². The van der Waals surface area contributed by atoms with Crippen LogP contribution in [0.4, 0.5) is 4.79 Å². The molecule has 0 saturated carbocycles. The van der Waals surface area contributed by atoms with Gasteiger partial charge in [0.2, 0.25) is 0 Å². The lowest BCUT2D eigenvalue weighted by Crippen LogP contribution is -2.45. The van der Waals surface area contributed by atoms with E-state index in [1.807, 2.05) is 52.0 Å². The summed E-state index contributed by atoms with van der Waals surface area (Å²) >= 11 is 3.53. The van der Waals surface area contributed by atoms with E-state index < -0.39 is 11.7 Å². The number of alkyl carbamates (subject to hydrolysis) is 1. The van der Waals surface area contributed by atoms with Gasteiger partial charge in [-0.2, -0.15) is 0 Å². The summed E-state index contributed by atoms with van der Waals surface area (Å²) in [5, 5.41) is 2.79. The predicted molar refractivity (Wildman–Crippen MR) is 84.8 cm³/mol. The normalized spacial score (nSPS) is 14.5. The van der Waals surface area contributed by atoms with Crippen LogP contribution in [0.5, 0.6) is 0 Å². The van der Waals surface area contributed by atoms with E-state index in [0.717, 1.165) is 10.0 Å². The number of amides is 1. The first-order valence-electron chi connectivity index (χ1n) is 6.60. The molecule has 1 atom stereocenters. The van der Waals surface area contributed by atoms with Crippen molar-refractivity contribution in [1.29, 1.82) is 0 Å². The van der Waals surface area contributed by atoms with Crippen LogP contribution in [0.3, 0.4) is 0 Å². The maximum Gasteiger partial charge on any atom is 0.407 e. The molecule has 1 amide bonds. The van der Waals surface area contributed by atoms with Crippen LogP contribution < -0.4 is 11.1 Å². The first-order chi connectivity index (χ1) is 9.18. The van der Waals surface area contributed by atoms with Gasteiger partial charge in [0.25, 0.3) is 0 Å². The van der Waals surface area contributed by atoms with E-state index in [1.165, 1.54) is 0 Å². The summed E-state index contributed by atoms with van der Waals surface area (Å²) in [5.41, 5.74) is 6.12. The molecular weight excluding hydrogens is 320 g/mol. The Hall–Kier alpha value is -1.07. The SMILES string of the molecule is CC(C)(C)OC(=O)NCC(C)(CN)c1ccccc1Br. The van der Waals surface area contributed by atoms with Gasteiger partial charge in [-0.05, 0) is 32.4 Å². The van der Waals surface area contributed by atoms with Gasteiger partial charge in [-0.1, -0.05) is 41.1 Å². The van der Waals surface area contributed by atoms with Gasteiger partial charge in [-0.15, -0.1) is 0 Å². The maximum atomic E-state index is 11.8. The maximum absolute atomic E-state index is 11.8. The highest BCUT2D eigenvalue weighted by molar-refractivity contribution is 9.10. The number of hydrogen-bond donors (Lipinski definition) is 2. The van der Waals surface area contributed by atoms with E-state index in [4.69, 9.17) is 10.5 Å². The lowest BCUT2D eigenvalue weighted by molar-refractivity contribution is 0.0516. The minimum Gasteiger partial charge on any atom is -0.444 e. The van der Waals surface area contributed by atoms with Gasteiger partial charge in [-0.3, -0.25) is 0 Å². The molecular formula is C15H23BrN2O2. The van der Waals surface area contributed by atoms with Crippen molar-refractivity contribution in [3.05, 3.63) is 34.3 Å². The van der Waals surface area contributed by atoms with Crippen LogP contribution in [0.15, 0.2) is 28.7 Å². The molecule has 0 bridgehead atoms.